The fraction of sp³-hybridized carbons (Fsp3) is 0.214. The Kier molecular flexibility index (Phi) is 2.29. The summed E-state index contributed by atoms with van der Waals surface area (Å²) in [5.74, 6) is 2.46. The number of hydrogen-bond acceptors (Lipinski definition) is 4. The van der Waals surface area contributed by atoms with Crippen molar-refractivity contribution in [2.75, 3.05) is 13.2 Å². The summed E-state index contributed by atoms with van der Waals surface area (Å²) in [7, 11) is 0. The highest BCUT2D eigenvalue weighted by Gasteiger charge is 2.15. The van der Waals surface area contributed by atoms with E-state index in [0.717, 1.165) is 33.9 Å². The molecule has 0 aliphatic carbocycles. The van der Waals surface area contributed by atoms with Crippen molar-refractivity contribution in [3.05, 3.63) is 28.5 Å². The van der Waals surface area contributed by atoms with Crippen LogP contribution in [-0.4, -0.2) is 23.2 Å². The second kappa shape index (κ2) is 3.99. The van der Waals surface area contributed by atoms with Crippen molar-refractivity contribution >= 4 is 22.4 Å². The Hall–Kier alpha value is -2.01. The first kappa shape index (κ1) is 10.9. The lowest BCUT2D eigenvalue weighted by Crippen LogP contribution is -2.15. The highest BCUT2D eigenvalue weighted by atomic mass is 32.1. The van der Waals surface area contributed by atoms with E-state index in [9.17, 15) is 0 Å². The number of aromatic amines is 1. The fourth-order valence-electron chi connectivity index (χ4n) is 2.28. The maximum atomic E-state index is 5.58. The van der Waals surface area contributed by atoms with E-state index in [1.807, 2.05) is 12.1 Å². The van der Waals surface area contributed by atoms with Crippen LogP contribution in [0.2, 0.25) is 0 Å². The molecule has 2 aromatic heterocycles. The first-order chi connectivity index (χ1) is 9.31. The first-order valence-corrected chi connectivity index (χ1v) is 7.08. The molecular weight excluding hydrogens is 260 g/mol. The third-order valence-electron chi connectivity index (χ3n) is 3.26. The van der Waals surface area contributed by atoms with Gasteiger partial charge >= 0.3 is 0 Å². The van der Waals surface area contributed by atoms with Gasteiger partial charge in [0.05, 0.1) is 11.0 Å². The van der Waals surface area contributed by atoms with Crippen molar-refractivity contribution < 1.29 is 9.47 Å². The lowest BCUT2D eigenvalue weighted by Gasteiger charge is -2.17. The van der Waals surface area contributed by atoms with Crippen molar-refractivity contribution in [1.29, 1.82) is 0 Å². The van der Waals surface area contributed by atoms with Gasteiger partial charge in [0.1, 0.15) is 19.0 Å². The van der Waals surface area contributed by atoms with Crippen LogP contribution >= 0.6 is 11.3 Å². The Morgan fingerprint density at radius 1 is 1.16 bits per heavy atom. The minimum atomic E-state index is 0.597. The van der Waals surface area contributed by atoms with Crippen molar-refractivity contribution in [3.63, 3.8) is 0 Å². The normalized spacial score (nSPS) is 13.9. The molecule has 0 fully saturated rings. The van der Waals surface area contributed by atoms with Gasteiger partial charge in [0.2, 0.25) is 0 Å². The summed E-state index contributed by atoms with van der Waals surface area (Å²) in [5.41, 5.74) is 4.28. The minimum absolute atomic E-state index is 0.597. The van der Waals surface area contributed by atoms with Gasteiger partial charge in [-0.1, -0.05) is 0 Å². The Labute approximate surface area is 114 Å². The highest BCUT2D eigenvalue weighted by Crippen LogP contribution is 2.35. The summed E-state index contributed by atoms with van der Waals surface area (Å²) < 4.78 is 11.2. The summed E-state index contributed by atoms with van der Waals surface area (Å²) in [5, 5.41) is 4.24. The molecule has 0 saturated heterocycles. The van der Waals surface area contributed by atoms with Crippen molar-refractivity contribution in [1.82, 2.24) is 9.97 Å². The smallest absolute Gasteiger partial charge is 0.163 e. The third kappa shape index (κ3) is 1.69. The third-order valence-corrected chi connectivity index (χ3v) is 4.12. The summed E-state index contributed by atoms with van der Waals surface area (Å²) >= 11 is 1.69. The number of thiophene rings is 1. The number of benzene rings is 1. The first-order valence-electron chi connectivity index (χ1n) is 6.14. The van der Waals surface area contributed by atoms with Crippen molar-refractivity contribution in [2.45, 2.75) is 6.92 Å². The van der Waals surface area contributed by atoms with Gasteiger partial charge in [-0.2, -0.15) is 11.3 Å². The van der Waals surface area contributed by atoms with Crippen LogP contribution in [0, 0.1) is 6.92 Å². The molecule has 0 amide bonds. The molecular formula is C14H12N2O2S. The quantitative estimate of drug-likeness (QED) is 0.738. The van der Waals surface area contributed by atoms with Crippen LogP contribution < -0.4 is 9.47 Å². The molecule has 0 saturated carbocycles. The number of imidazole rings is 1. The SMILES string of the molecule is Cc1cscc1-c1nc2cc3c(cc2[nH]1)OCCO3. The van der Waals surface area contributed by atoms with Gasteiger partial charge in [0.15, 0.2) is 11.5 Å². The summed E-state index contributed by atoms with van der Waals surface area (Å²) in [6.45, 7) is 3.29. The molecule has 96 valence electrons. The number of aryl methyl sites for hydroxylation is 1. The average Bonchev–Trinajstić information content (AvgIpc) is 3.01. The van der Waals surface area contributed by atoms with Crippen LogP contribution in [0.5, 0.6) is 11.5 Å². The van der Waals surface area contributed by atoms with E-state index in [1.165, 1.54) is 5.56 Å². The lowest BCUT2D eigenvalue weighted by atomic mass is 10.2. The van der Waals surface area contributed by atoms with E-state index in [1.54, 1.807) is 11.3 Å². The van der Waals surface area contributed by atoms with E-state index in [0.29, 0.717) is 13.2 Å². The summed E-state index contributed by atoms with van der Waals surface area (Å²) in [4.78, 5) is 7.99. The van der Waals surface area contributed by atoms with Gasteiger partial charge in [-0.05, 0) is 17.9 Å². The second-order valence-corrected chi connectivity index (χ2v) is 5.31. The molecule has 3 heterocycles. The van der Waals surface area contributed by atoms with Crippen LogP contribution in [0.1, 0.15) is 5.56 Å². The molecule has 0 spiro atoms. The largest absolute Gasteiger partial charge is 0.486 e. The van der Waals surface area contributed by atoms with Gasteiger partial charge < -0.3 is 14.5 Å². The van der Waals surface area contributed by atoms with Gasteiger partial charge in [-0.15, -0.1) is 0 Å². The Morgan fingerprint density at radius 3 is 2.68 bits per heavy atom. The molecule has 19 heavy (non-hydrogen) atoms. The maximum absolute atomic E-state index is 5.58. The Balaban J connectivity index is 1.90. The fourth-order valence-corrected chi connectivity index (χ4v) is 3.11. The standard InChI is InChI=1S/C14H12N2O2S/c1-8-6-19-7-9(8)14-15-10-4-12-13(5-11(10)16-14)18-3-2-17-12/h4-7H,2-3H2,1H3,(H,15,16). The molecule has 1 aliphatic heterocycles. The molecule has 0 bridgehead atoms. The van der Waals surface area contributed by atoms with Crippen LogP contribution in [-0.2, 0) is 0 Å². The van der Waals surface area contributed by atoms with E-state index >= 15 is 0 Å². The number of fused-ring (bicyclic) bond motifs is 2. The zero-order valence-electron chi connectivity index (χ0n) is 10.4. The number of hydrogen-bond donors (Lipinski definition) is 1. The maximum Gasteiger partial charge on any atom is 0.163 e. The Morgan fingerprint density at radius 2 is 1.95 bits per heavy atom. The molecule has 0 unspecified atom stereocenters. The van der Waals surface area contributed by atoms with E-state index < -0.39 is 0 Å². The van der Waals surface area contributed by atoms with Gasteiger partial charge in [0, 0.05) is 23.1 Å². The van der Waals surface area contributed by atoms with Crippen LogP contribution in [0.15, 0.2) is 22.9 Å². The number of nitrogens with one attached hydrogen (secondary N) is 1. The monoisotopic (exact) mass is 272 g/mol. The highest BCUT2D eigenvalue weighted by molar-refractivity contribution is 7.08. The number of nitrogens with zero attached hydrogens (tertiary/aromatic N) is 1. The lowest BCUT2D eigenvalue weighted by molar-refractivity contribution is 0.172. The number of ether oxygens (including phenoxy) is 2. The van der Waals surface area contributed by atoms with E-state index in [4.69, 9.17) is 9.47 Å². The molecule has 1 N–H and O–H groups in total. The number of H-pyrrole nitrogens is 1. The molecule has 5 heteroatoms. The van der Waals surface area contributed by atoms with Crippen molar-refractivity contribution in [3.8, 4) is 22.9 Å². The summed E-state index contributed by atoms with van der Waals surface area (Å²) in [6, 6.07) is 3.90. The molecule has 3 aromatic rings. The van der Waals surface area contributed by atoms with Gasteiger partial charge in [-0.3, -0.25) is 0 Å². The summed E-state index contributed by atoms with van der Waals surface area (Å²) in [6.07, 6.45) is 0. The molecule has 4 nitrogen and oxygen atoms in total. The molecule has 1 aromatic carbocycles. The van der Waals surface area contributed by atoms with Gasteiger partial charge in [-0.25, -0.2) is 4.98 Å². The van der Waals surface area contributed by atoms with E-state index in [2.05, 4.69) is 27.7 Å². The second-order valence-electron chi connectivity index (χ2n) is 4.57. The average molecular weight is 272 g/mol. The van der Waals surface area contributed by atoms with Gasteiger partial charge in [0.25, 0.3) is 0 Å². The molecule has 0 radical (unpaired) electrons. The van der Waals surface area contributed by atoms with Crippen LogP contribution in [0.4, 0.5) is 0 Å². The predicted molar refractivity (Wildman–Crippen MR) is 75.1 cm³/mol. The molecule has 1 aliphatic rings. The topological polar surface area (TPSA) is 47.1 Å². The van der Waals surface area contributed by atoms with Crippen LogP contribution in [0.3, 0.4) is 0 Å². The minimum Gasteiger partial charge on any atom is -0.486 e. The zero-order valence-corrected chi connectivity index (χ0v) is 11.2. The molecule has 4 rings (SSSR count). The van der Waals surface area contributed by atoms with Crippen molar-refractivity contribution in [2.24, 2.45) is 0 Å². The van der Waals surface area contributed by atoms with E-state index in [-0.39, 0.29) is 0 Å². The number of aromatic nitrogens is 2. The Bertz CT molecular complexity index is 717. The number of rotatable bonds is 1. The zero-order chi connectivity index (χ0) is 12.8. The van der Waals surface area contributed by atoms with Crippen LogP contribution in [0.25, 0.3) is 22.4 Å². The molecule has 0 atom stereocenters. The predicted octanol–water partition coefficient (Wildman–Crippen LogP) is 3.37.